The van der Waals surface area contributed by atoms with E-state index in [1.54, 1.807) is 17.0 Å². The number of hydrogen-bond acceptors (Lipinski definition) is 4. The van der Waals surface area contributed by atoms with Gasteiger partial charge in [-0.2, -0.15) is 0 Å². The van der Waals surface area contributed by atoms with Crippen LogP contribution in [0.15, 0.2) is 103 Å². The third-order valence-corrected chi connectivity index (χ3v) is 8.38. The number of hydrogen-bond donors (Lipinski definition) is 2. The van der Waals surface area contributed by atoms with Gasteiger partial charge >= 0.3 is 5.97 Å². The molecular formula is C39H36ClN3O4. The summed E-state index contributed by atoms with van der Waals surface area (Å²) in [4.78, 5) is 45.3. The zero-order valence-corrected chi connectivity index (χ0v) is 27.1. The molecule has 0 aliphatic rings. The van der Waals surface area contributed by atoms with Gasteiger partial charge in [0.05, 0.1) is 28.4 Å². The van der Waals surface area contributed by atoms with Crippen molar-refractivity contribution in [1.82, 2.24) is 15.2 Å². The molecule has 4 aromatic carbocycles. The summed E-state index contributed by atoms with van der Waals surface area (Å²) in [6, 6.07) is 30.6. The molecule has 0 spiro atoms. The van der Waals surface area contributed by atoms with Gasteiger partial charge in [-0.3, -0.25) is 9.59 Å². The van der Waals surface area contributed by atoms with E-state index in [-0.39, 0.29) is 17.0 Å². The predicted octanol–water partition coefficient (Wildman–Crippen LogP) is 8.34. The lowest BCUT2D eigenvalue weighted by Crippen LogP contribution is -2.32. The summed E-state index contributed by atoms with van der Waals surface area (Å²) < 4.78 is 0. The Balaban J connectivity index is 1.45. The number of rotatable bonds is 12. The first-order chi connectivity index (χ1) is 22.8. The number of amides is 2. The van der Waals surface area contributed by atoms with E-state index >= 15 is 0 Å². The number of pyridine rings is 1. The van der Waals surface area contributed by atoms with E-state index in [1.807, 2.05) is 105 Å². The lowest BCUT2D eigenvalue weighted by molar-refractivity contribution is 0.0689. The Bertz CT molecular complexity index is 1950. The molecule has 1 heterocycles. The number of aryl methyl sites for hydroxylation is 1. The van der Waals surface area contributed by atoms with Crippen LogP contribution < -0.4 is 5.32 Å². The highest BCUT2D eigenvalue weighted by molar-refractivity contribution is 6.31. The van der Waals surface area contributed by atoms with Crippen LogP contribution in [0.5, 0.6) is 0 Å². The van der Waals surface area contributed by atoms with Gasteiger partial charge in [0, 0.05) is 29.1 Å². The summed E-state index contributed by atoms with van der Waals surface area (Å²) in [5.74, 6) is -1.69. The second-order valence-corrected chi connectivity index (χ2v) is 11.6. The Hall–Kier alpha value is -5.27. The van der Waals surface area contributed by atoms with Crippen LogP contribution in [0, 0.1) is 0 Å². The van der Waals surface area contributed by atoms with Gasteiger partial charge in [-0.05, 0) is 91.9 Å². The van der Waals surface area contributed by atoms with Crippen molar-refractivity contribution < 1.29 is 19.5 Å². The van der Waals surface area contributed by atoms with Crippen LogP contribution in [0.2, 0.25) is 5.02 Å². The molecule has 0 radical (unpaired) electrons. The maximum absolute atomic E-state index is 13.6. The molecule has 1 atom stereocenters. The van der Waals surface area contributed by atoms with E-state index in [1.165, 1.54) is 12.1 Å². The van der Waals surface area contributed by atoms with Gasteiger partial charge in [0.2, 0.25) is 0 Å². The smallest absolute Gasteiger partial charge is 0.336 e. The van der Waals surface area contributed by atoms with Crippen molar-refractivity contribution in [2.75, 3.05) is 13.1 Å². The third-order valence-electron chi connectivity index (χ3n) is 8.14. The van der Waals surface area contributed by atoms with E-state index in [0.717, 1.165) is 33.3 Å². The molecule has 0 bridgehead atoms. The van der Waals surface area contributed by atoms with Crippen LogP contribution in [-0.4, -0.2) is 45.9 Å². The molecule has 5 aromatic rings. The minimum absolute atomic E-state index is 0.0294. The molecule has 0 saturated heterocycles. The van der Waals surface area contributed by atoms with E-state index < -0.39 is 17.9 Å². The average molecular weight is 646 g/mol. The molecule has 2 N–H and O–H groups in total. The molecular weight excluding hydrogens is 610 g/mol. The second kappa shape index (κ2) is 15.3. The summed E-state index contributed by atoms with van der Waals surface area (Å²) in [5, 5.41) is 14.4. The lowest BCUT2D eigenvalue weighted by Gasteiger charge is -2.23. The minimum Gasteiger partial charge on any atom is -0.478 e. The zero-order chi connectivity index (χ0) is 33.3. The lowest BCUT2D eigenvalue weighted by atomic mass is 9.94. The topological polar surface area (TPSA) is 99.6 Å². The molecule has 7 nitrogen and oxygen atoms in total. The molecule has 1 unspecified atom stereocenters. The second-order valence-electron chi connectivity index (χ2n) is 11.1. The summed E-state index contributed by atoms with van der Waals surface area (Å²) in [7, 11) is 0. The van der Waals surface area contributed by atoms with Gasteiger partial charge in [-0.15, -0.1) is 0 Å². The molecule has 47 heavy (non-hydrogen) atoms. The van der Waals surface area contributed by atoms with Gasteiger partial charge in [0.1, 0.15) is 0 Å². The first kappa shape index (κ1) is 33.1. The number of aromatic nitrogens is 1. The molecule has 238 valence electrons. The first-order valence-electron chi connectivity index (χ1n) is 15.6. The summed E-state index contributed by atoms with van der Waals surface area (Å²) in [6.07, 6.45) is 4.87. The molecule has 1 aromatic heterocycles. The largest absolute Gasteiger partial charge is 0.478 e. The Kier molecular flexibility index (Phi) is 10.8. The highest BCUT2D eigenvalue weighted by atomic mass is 35.5. The number of carbonyl (C=O) groups excluding carboxylic acids is 2. The monoisotopic (exact) mass is 645 g/mol. The number of halogens is 1. The Labute approximate surface area is 279 Å². The Morgan fingerprint density at radius 1 is 0.830 bits per heavy atom. The third kappa shape index (κ3) is 8.12. The van der Waals surface area contributed by atoms with Crippen molar-refractivity contribution in [2.24, 2.45) is 0 Å². The highest BCUT2D eigenvalue weighted by Crippen LogP contribution is 2.25. The van der Waals surface area contributed by atoms with Crippen LogP contribution in [0.4, 0.5) is 0 Å². The fourth-order valence-corrected chi connectivity index (χ4v) is 5.78. The molecule has 5 rings (SSSR count). The van der Waals surface area contributed by atoms with Gasteiger partial charge < -0.3 is 15.3 Å². The van der Waals surface area contributed by atoms with Gasteiger partial charge in [0.25, 0.3) is 11.8 Å². The number of aromatic carboxylic acids is 1. The van der Waals surface area contributed by atoms with Crippen LogP contribution in [-0.2, 0) is 6.42 Å². The van der Waals surface area contributed by atoms with E-state index in [2.05, 4.69) is 5.32 Å². The Morgan fingerprint density at radius 2 is 1.53 bits per heavy atom. The molecule has 8 heteroatoms. The van der Waals surface area contributed by atoms with E-state index in [4.69, 9.17) is 16.6 Å². The molecule has 0 saturated carbocycles. The molecule has 0 aliphatic heterocycles. The fraction of sp³-hybridized carbons (Fsp3) is 0.179. The van der Waals surface area contributed by atoms with Crippen molar-refractivity contribution in [3.63, 3.8) is 0 Å². The number of carboxylic acids is 1. The van der Waals surface area contributed by atoms with Gasteiger partial charge in [-0.1, -0.05) is 78.3 Å². The quantitative estimate of drug-likeness (QED) is 0.142. The predicted molar refractivity (Wildman–Crippen MR) is 188 cm³/mol. The number of carboxylic acid groups (broad SMARTS) is 1. The maximum Gasteiger partial charge on any atom is 0.336 e. The van der Waals surface area contributed by atoms with Crippen molar-refractivity contribution in [3.05, 3.63) is 147 Å². The van der Waals surface area contributed by atoms with Crippen molar-refractivity contribution in [2.45, 2.75) is 32.7 Å². The fourth-order valence-electron chi connectivity index (χ4n) is 5.61. The SMILES string of the molecule is CCN(CC)C(=O)c1ccccc1CCC(NC(=O)c1ccccc1C(=O)O)c1cccc(/C=C/c2ccc3ccc(Cl)cc3n2)c1. The van der Waals surface area contributed by atoms with Crippen molar-refractivity contribution >= 4 is 52.4 Å². The van der Waals surface area contributed by atoms with Crippen molar-refractivity contribution in [1.29, 1.82) is 0 Å². The standard InChI is InChI=1S/C39H36ClN3O4/c1-3-43(4-2)38(45)32-13-6-5-11-27(32)19-23-35(42-37(44)33-14-7-8-15-34(33)39(46)47)29-12-9-10-26(24-29)16-21-31-22-18-28-17-20-30(40)25-36(28)41-31/h5-18,20-22,24-25,35H,3-4,19,23H2,1-2H3,(H,42,44)(H,46,47)/b21-16+. The molecule has 0 fully saturated rings. The van der Waals surface area contributed by atoms with E-state index in [9.17, 15) is 19.5 Å². The number of fused-ring (bicyclic) bond motifs is 1. The van der Waals surface area contributed by atoms with E-state index in [0.29, 0.717) is 36.5 Å². The Morgan fingerprint density at radius 3 is 2.28 bits per heavy atom. The van der Waals surface area contributed by atoms with Crippen LogP contribution in [0.25, 0.3) is 23.1 Å². The normalized spacial score (nSPS) is 11.8. The number of carbonyl (C=O) groups is 3. The maximum atomic E-state index is 13.6. The molecule has 2 amide bonds. The van der Waals surface area contributed by atoms with Crippen LogP contribution >= 0.6 is 11.6 Å². The summed E-state index contributed by atoms with van der Waals surface area (Å²) in [6.45, 7) is 5.12. The van der Waals surface area contributed by atoms with Crippen LogP contribution in [0.1, 0.15) is 79.8 Å². The number of nitrogens with one attached hydrogen (secondary N) is 1. The van der Waals surface area contributed by atoms with Crippen molar-refractivity contribution in [3.8, 4) is 0 Å². The van der Waals surface area contributed by atoms with Gasteiger partial charge in [0.15, 0.2) is 0 Å². The number of nitrogens with zero attached hydrogens (tertiary/aromatic N) is 2. The zero-order valence-electron chi connectivity index (χ0n) is 26.3. The first-order valence-corrected chi connectivity index (χ1v) is 16.0. The minimum atomic E-state index is -1.17. The number of benzene rings is 4. The summed E-state index contributed by atoms with van der Waals surface area (Å²) >= 11 is 6.17. The average Bonchev–Trinajstić information content (AvgIpc) is 3.09. The molecule has 0 aliphatic carbocycles. The van der Waals surface area contributed by atoms with Gasteiger partial charge in [-0.25, -0.2) is 9.78 Å². The summed E-state index contributed by atoms with van der Waals surface area (Å²) in [5.41, 5.74) is 4.86. The highest BCUT2D eigenvalue weighted by Gasteiger charge is 2.22. The van der Waals surface area contributed by atoms with Crippen LogP contribution in [0.3, 0.4) is 0 Å².